The van der Waals surface area contributed by atoms with E-state index in [-0.39, 0.29) is 37.7 Å². The fourth-order valence-electron chi connectivity index (χ4n) is 4.44. The molecule has 40 heavy (non-hydrogen) atoms. The first-order valence-corrected chi connectivity index (χ1v) is 15.5. The molecule has 0 bridgehead atoms. The Morgan fingerprint density at radius 1 is 0.900 bits per heavy atom. The van der Waals surface area contributed by atoms with Gasteiger partial charge in [-0.05, 0) is 66.8 Å². The molecule has 0 aliphatic rings. The van der Waals surface area contributed by atoms with Crippen molar-refractivity contribution in [2.24, 2.45) is 0 Å². The van der Waals surface area contributed by atoms with E-state index in [1.165, 1.54) is 16.3 Å². The number of likely N-dealkylation sites (N-methyl/N-ethyl adjacent to an activating group) is 1. The lowest BCUT2D eigenvalue weighted by molar-refractivity contribution is -0.141. The van der Waals surface area contributed by atoms with Crippen LogP contribution in [-0.4, -0.2) is 51.0 Å². The molecule has 0 unspecified atom stereocenters. The maximum Gasteiger partial charge on any atom is 0.242 e. The summed E-state index contributed by atoms with van der Waals surface area (Å²) in [6, 6.07) is 19.3. The van der Waals surface area contributed by atoms with Crippen molar-refractivity contribution < 1.29 is 18.0 Å². The molecule has 0 spiro atoms. The first-order valence-electron chi connectivity index (χ1n) is 12.9. The molecule has 2 amide bonds. The Bertz CT molecular complexity index is 1450. The quantitative estimate of drug-likeness (QED) is 0.294. The highest BCUT2D eigenvalue weighted by Gasteiger charge is 2.30. The smallest absolute Gasteiger partial charge is 0.242 e. The molecule has 0 aliphatic heterocycles. The third-order valence-electron chi connectivity index (χ3n) is 6.79. The minimum Gasteiger partial charge on any atom is -0.357 e. The van der Waals surface area contributed by atoms with Gasteiger partial charge in [-0.15, -0.1) is 0 Å². The number of hydrogen-bond donors (Lipinski definition) is 1. The van der Waals surface area contributed by atoms with Crippen molar-refractivity contribution in [2.45, 2.75) is 45.7 Å². The first kappa shape index (κ1) is 31.5. The molecule has 3 aromatic carbocycles. The molecule has 0 saturated heterocycles. The molecule has 0 heterocycles. The molecule has 3 rings (SSSR count). The van der Waals surface area contributed by atoms with Gasteiger partial charge >= 0.3 is 0 Å². The largest absolute Gasteiger partial charge is 0.357 e. The van der Waals surface area contributed by atoms with E-state index in [9.17, 15) is 18.0 Å². The summed E-state index contributed by atoms with van der Waals surface area (Å²) in [5.74, 6) is -0.575. The predicted octanol–water partition coefficient (Wildman–Crippen LogP) is 5.54. The van der Waals surface area contributed by atoms with Gasteiger partial charge in [0.15, 0.2) is 0 Å². The standard InChI is InChI=1S/C30H35Cl2N3O4S/c1-21-12-14-25(17-22(21)2)35(40(4,38)39)16-8-11-29(36)34(20-24-13-15-26(31)27(32)18-24)28(30(37)33-3)19-23-9-6-5-7-10-23/h5-7,9-10,12-15,17-18,28H,8,11,16,19-20H2,1-4H3,(H,33,37)/t28-/m0/s1. The van der Waals surface area contributed by atoms with Crippen molar-refractivity contribution in [3.05, 3.63) is 99.0 Å². The fourth-order valence-corrected chi connectivity index (χ4v) is 5.72. The van der Waals surface area contributed by atoms with Crippen molar-refractivity contribution in [2.75, 3.05) is 24.2 Å². The van der Waals surface area contributed by atoms with Gasteiger partial charge in [-0.25, -0.2) is 8.42 Å². The number of rotatable bonds is 12. The van der Waals surface area contributed by atoms with E-state index in [0.717, 1.165) is 28.5 Å². The fraction of sp³-hybridized carbons (Fsp3) is 0.333. The Balaban J connectivity index is 1.87. The third kappa shape index (κ3) is 8.46. The van der Waals surface area contributed by atoms with Crippen LogP contribution in [0.3, 0.4) is 0 Å². The van der Waals surface area contributed by atoms with Crippen LogP contribution in [0, 0.1) is 13.8 Å². The second kappa shape index (κ2) is 14.0. The van der Waals surface area contributed by atoms with E-state index in [1.807, 2.05) is 56.3 Å². The van der Waals surface area contributed by atoms with Gasteiger partial charge in [0, 0.05) is 33.0 Å². The van der Waals surface area contributed by atoms with Crippen molar-refractivity contribution >= 4 is 50.7 Å². The first-order chi connectivity index (χ1) is 18.9. The number of amides is 2. The molecule has 0 saturated carbocycles. The Morgan fingerprint density at radius 3 is 2.20 bits per heavy atom. The normalized spacial score (nSPS) is 12.1. The van der Waals surface area contributed by atoms with Gasteiger partial charge in [0.1, 0.15) is 6.04 Å². The summed E-state index contributed by atoms with van der Waals surface area (Å²) in [6.07, 6.45) is 1.77. The van der Waals surface area contributed by atoms with Gasteiger partial charge in [0.05, 0.1) is 22.0 Å². The number of benzene rings is 3. The number of aryl methyl sites for hydroxylation is 2. The average molecular weight is 605 g/mol. The summed E-state index contributed by atoms with van der Waals surface area (Å²) in [5.41, 5.74) is 4.21. The minimum absolute atomic E-state index is 0.0421. The number of nitrogens with one attached hydrogen (secondary N) is 1. The topological polar surface area (TPSA) is 86.8 Å². The molecule has 0 aromatic heterocycles. The molecule has 0 radical (unpaired) electrons. The predicted molar refractivity (Wildman–Crippen MR) is 162 cm³/mol. The van der Waals surface area contributed by atoms with Crippen LogP contribution in [-0.2, 0) is 32.6 Å². The summed E-state index contributed by atoms with van der Waals surface area (Å²) in [4.78, 5) is 28.4. The monoisotopic (exact) mass is 603 g/mol. The number of sulfonamides is 1. The SMILES string of the molecule is CNC(=O)[C@H](Cc1ccccc1)N(Cc1ccc(Cl)c(Cl)c1)C(=O)CCCN(c1ccc(C)c(C)c1)S(C)(=O)=O. The van der Waals surface area contributed by atoms with Crippen molar-refractivity contribution in [1.82, 2.24) is 10.2 Å². The van der Waals surface area contributed by atoms with Gasteiger partial charge in [-0.3, -0.25) is 13.9 Å². The van der Waals surface area contributed by atoms with Crippen LogP contribution >= 0.6 is 23.2 Å². The number of carbonyl (C=O) groups is 2. The molecule has 0 aliphatic carbocycles. The summed E-state index contributed by atoms with van der Waals surface area (Å²) in [5, 5.41) is 3.43. The zero-order valence-corrected chi connectivity index (χ0v) is 25.5. The van der Waals surface area contributed by atoms with E-state index in [2.05, 4.69) is 5.32 Å². The molecular formula is C30H35Cl2N3O4S. The number of anilines is 1. The minimum atomic E-state index is -3.58. The number of nitrogens with zero attached hydrogens (tertiary/aromatic N) is 2. The van der Waals surface area contributed by atoms with E-state index in [4.69, 9.17) is 23.2 Å². The van der Waals surface area contributed by atoms with E-state index in [0.29, 0.717) is 22.2 Å². The zero-order chi connectivity index (χ0) is 29.4. The van der Waals surface area contributed by atoms with Crippen LogP contribution < -0.4 is 9.62 Å². The number of hydrogen-bond acceptors (Lipinski definition) is 4. The zero-order valence-electron chi connectivity index (χ0n) is 23.2. The molecule has 10 heteroatoms. The summed E-state index contributed by atoms with van der Waals surface area (Å²) >= 11 is 12.3. The second-order valence-corrected chi connectivity index (χ2v) is 12.5. The Hall–Kier alpha value is -3.07. The molecule has 3 aromatic rings. The van der Waals surface area contributed by atoms with Crippen LogP contribution in [0.4, 0.5) is 5.69 Å². The highest BCUT2D eigenvalue weighted by Crippen LogP contribution is 2.25. The second-order valence-electron chi connectivity index (χ2n) is 9.80. The lowest BCUT2D eigenvalue weighted by Crippen LogP contribution is -2.49. The molecule has 1 N–H and O–H groups in total. The van der Waals surface area contributed by atoms with Gasteiger partial charge in [0.25, 0.3) is 0 Å². The van der Waals surface area contributed by atoms with E-state index in [1.54, 1.807) is 24.3 Å². The third-order valence-corrected chi connectivity index (χ3v) is 8.72. The van der Waals surface area contributed by atoms with Gasteiger partial charge < -0.3 is 10.2 Å². The van der Waals surface area contributed by atoms with Crippen LogP contribution in [0.15, 0.2) is 66.7 Å². The van der Waals surface area contributed by atoms with E-state index >= 15 is 0 Å². The molecule has 0 fully saturated rings. The maximum absolute atomic E-state index is 13.7. The van der Waals surface area contributed by atoms with Crippen LogP contribution in [0.5, 0.6) is 0 Å². The van der Waals surface area contributed by atoms with Crippen molar-refractivity contribution in [3.63, 3.8) is 0 Å². The lowest BCUT2D eigenvalue weighted by atomic mass is 10.0. The lowest BCUT2D eigenvalue weighted by Gasteiger charge is -2.31. The average Bonchev–Trinajstić information content (AvgIpc) is 2.91. The highest BCUT2D eigenvalue weighted by atomic mass is 35.5. The van der Waals surface area contributed by atoms with Gasteiger partial charge in [-0.1, -0.05) is 65.7 Å². The number of halogens is 2. The van der Waals surface area contributed by atoms with Crippen molar-refractivity contribution in [1.29, 1.82) is 0 Å². The summed E-state index contributed by atoms with van der Waals surface area (Å²) < 4.78 is 26.6. The highest BCUT2D eigenvalue weighted by molar-refractivity contribution is 7.92. The maximum atomic E-state index is 13.7. The summed E-state index contributed by atoms with van der Waals surface area (Å²) in [6.45, 7) is 4.14. The van der Waals surface area contributed by atoms with E-state index < -0.39 is 16.1 Å². The number of carbonyl (C=O) groups excluding carboxylic acids is 2. The van der Waals surface area contributed by atoms with Crippen LogP contribution in [0.2, 0.25) is 10.0 Å². The van der Waals surface area contributed by atoms with Gasteiger partial charge in [-0.2, -0.15) is 0 Å². The summed E-state index contributed by atoms with van der Waals surface area (Å²) in [7, 11) is -2.04. The molecule has 1 atom stereocenters. The Labute approximate surface area is 247 Å². The molecule has 7 nitrogen and oxygen atoms in total. The van der Waals surface area contributed by atoms with Gasteiger partial charge in [0.2, 0.25) is 21.8 Å². The molecule has 214 valence electrons. The van der Waals surface area contributed by atoms with Crippen molar-refractivity contribution in [3.8, 4) is 0 Å². The Morgan fingerprint density at radius 2 is 1.60 bits per heavy atom. The van der Waals surface area contributed by atoms with Crippen LogP contribution in [0.25, 0.3) is 0 Å². The Kier molecular flexibility index (Phi) is 11.0. The van der Waals surface area contributed by atoms with Crippen LogP contribution in [0.1, 0.15) is 35.1 Å². The molecular weight excluding hydrogens is 569 g/mol.